The second kappa shape index (κ2) is 6.29. The van der Waals surface area contributed by atoms with Crippen LogP contribution in [-0.2, 0) is 6.61 Å². The van der Waals surface area contributed by atoms with Gasteiger partial charge in [-0.15, -0.1) is 0 Å². The van der Waals surface area contributed by atoms with Crippen molar-refractivity contribution >= 4 is 5.69 Å². The highest BCUT2D eigenvalue weighted by molar-refractivity contribution is 5.78. The number of nitrogens with zero attached hydrogens (tertiary/aromatic N) is 2. The minimum absolute atomic E-state index is 0.0976. The predicted octanol–water partition coefficient (Wildman–Crippen LogP) is 2.60. The van der Waals surface area contributed by atoms with E-state index in [0.717, 1.165) is 31.7 Å². The van der Waals surface area contributed by atoms with Gasteiger partial charge < -0.3 is 14.9 Å². The van der Waals surface area contributed by atoms with E-state index in [1.807, 2.05) is 12.1 Å². The van der Waals surface area contributed by atoms with Gasteiger partial charge in [0.05, 0.1) is 6.61 Å². The van der Waals surface area contributed by atoms with Gasteiger partial charge in [-0.05, 0) is 24.2 Å². The summed E-state index contributed by atoms with van der Waals surface area (Å²) in [7, 11) is 2.18. The van der Waals surface area contributed by atoms with Crippen LogP contribution in [-0.4, -0.2) is 43.2 Å². The van der Waals surface area contributed by atoms with Crippen LogP contribution in [0.4, 0.5) is 5.69 Å². The molecule has 2 aromatic carbocycles. The van der Waals surface area contributed by atoms with Crippen molar-refractivity contribution in [3.05, 3.63) is 54.1 Å². The molecule has 0 aliphatic carbocycles. The smallest absolute Gasteiger partial charge is 0.0681 e. The van der Waals surface area contributed by atoms with Crippen LogP contribution in [0.2, 0.25) is 0 Å². The van der Waals surface area contributed by atoms with Crippen molar-refractivity contribution < 1.29 is 5.11 Å². The van der Waals surface area contributed by atoms with Gasteiger partial charge in [-0.3, -0.25) is 0 Å². The molecule has 0 radical (unpaired) electrons. The van der Waals surface area contributed by atoms with Crippen LogP contribution in [0.5, 0.6) is 0 Å². The van der Waals surface area contributed by atoms with Crippen LogP contribution < -0.4 is 4.90 Å². The van der Waals surface area contributed by atoms with Crippen molar-refractivity contribution in [1.82, 2.24) is 4.90 Å². The zero-order valence-electron chi connectivity index (χ0n) is 12.5. The SMILES string of the molecule is CN1CCN(c2ccccc2-c2ccc(CO)cc2)CC1. The monoisotopic (exact) mass is 282 g/mol. The lowest BCUT2D eigenvalue weighted by molar-refractivity contribution is 0.282. The fraction of sp³-hybridized carbons (Fsp3) is 0.333. The number of piperazine rings is 1. The first-order valence-corrected chi connectivity index (χ1v) is 7.50. The molecule has 2 aromatic rings. The second-order valence-corrected chi connectivity index (χ2v) is 5.66. The van der Waals surface area contributed by atoms with E-state index >= 15 is 0 Å². The fourth-order valence-electron chi connectivity index (χ4n) is 2.83. The van der Waals surface area contributed by atoms with Gasteiger partial charge in [0.1, 0.15) is 0 Å². The Morgan fingerprint density at radius 1 is 0.905 bits per heavy atom. The summed E-state index contributed by atoms with van der Waals surface area (Å²) in [6, 6.07) is 16.8. The first kappa shape index (κ1) is 14.1. The van der Waals surface area contributed by atoms with Gasteiger partial charge in [-0.2, -0.15) is 0 Å². The molecule has 1 aliphatic heterocycles. The first-order valence-electron chi connectivity index (χ1n) is 7.50. The van der Waals surface area contributed by atoms with Gasteiger partial charge in [0.2, 0.25) is 0 Å². The van der Waals surface area contributed by atoms with Gasteiger partial charge in [0.25, 0.3) is 0 Å². The summed E-state index contributed by atoms with van der Waals surface area (Å²) < 4.78 is 0. The van der Waals surface area contributed by atoms with Crippen LogP contribution in [0.3, 0.4) is 0 Å². The quantitative estimate of drug-likeness (QED) is 0.937. The molecule has 1 saturated heterocycles. The molecule has 0 bridgehead atoms. The number of aliphatic hydroxyl groups excluding tert-OH is 1. The lowest BCUT2D eigenvalue weighted by atomic mass is 10.0. The van der Waals surface area contributed by atoms with E-state index in [4.69, 9.17) is 5.11 Å². The Kier molecular flexibility index (Phi) is 4.23. The third-order valence-corrected chi connectivity index (χ3v) is 4.20. The van der Waals surface area contributed by atoms with E-state index in [1.54, 1.807) is 0 Å². The average molecular weight is 282 g/mol. The Balaban J connectivity index is 1.91. The van der Waals surface area contributed by atoms with Crippen molar-refractivity contribution in [2.45, 2.75) is 6.61 Å². The minimum Gasteiger partial charge on any atom is -0.392 e. The molecule has 110 valence electrons. The number of para-hydroxylation sites is 1. The van der Waals surface area contributed by atoms with E-state index in [2.05, 4.69) is 53.2 Å². The molecule has 21 heavy (non-hydrogen) atoms. The predicted molar refractivity (Wildman–Crippen MR) is 87.5 cm³/mol. The van der Waals surface area contributed by atoms with E-state index in [0.29, 0.717) is 0 Å². The Morgan fingerprint density at radius 2 is 1.57 bits per heavy atom. The number of likely N-dealkylation sites (N-methyl/N-ethyl adjacent to an activating group) is 1. The molecule has 3 nitrogen and oxygen atoms in total. The Hall–Kier alpha value is -1.84. The molecule has 3 heteroatoms. The van der Waals surface area contributed by atoms with E-state index in [1.165, 1.54) is 16.8 Å². The topological polar surface area (TPSA) is 26.7 Å². The van der Waals surface area contributed by atoms with Crippen LogP contribution in [0.25, 0.3) is 11.1 Å². The molecule has 0 spiro atoms. The molecule has 3 rings (SSSR count). The maximum absolute atomic E-state index is 9.17. The molecule has 0 saturated carbocycles. The second-order valence-electron chi connectivity index (χ2n) is 5.66. The summed E-state index contributed by atoms with van der Waals surface area (Å²) in [6.07, 6.45) is 0. The van der Waals surface area contributed by atoms with Gasteiger partial charge >= 0.3 is 0 Å². The summed E-state index contributed by atoms with van der Waals surface area (Å²) in [5, 5.41) is 9.17. The number of hydrogen-bond donors (Lipinski definition) is 1. The molecule has 1 aliphatic rings. The molecule has 0 unspecified atom stereocenters. The standard InChI is InChI=1S/C18H22N2O/c1-19-10-12-20(13-11-19)18-5-3-2-4-17(18)16-8-6-15(14-21)7-9-16/h2-9,21H,10-14H2,1H3. The molecule has 0 atom stereocenters. The maximum Gasteiger partial charge on any atom is 0.0681 e. The van der Waals surface area contributed by atoms with Gasteiger partial charge in [0.15, 0.2) is 0 Å². The summed E-state index contributed by atoms with van der Waals surface area (Å²) in [5.41, 5.74) is 4.74. The Bertz CT molecular complexity index is 586. The molecule has 1 fully saturated rings. The molecule has 0 amide bonds. The number of hydrogen-bond acceptors (Lipinski definition) is 3. The Labute approximate surface area is 126 Å². The molecular formula is C18H22N2O. The maximum atomic E-state index is 9.17. The highest BCUT2D eigenvalue weighted by Gasteiger charge is 2.17. The normalized spacial score (nSPS) is 16.2. The first-order chi connectivity index (χ1) is 10.3. The van der Waals surface area contributed by atoms with Gasteiger partial charge in [-0.25, -0.2) is 0 Å². The van der Waals surface area contributed by atoms with Crippen molar-refractivity contribution in [3.63, 3.8) is 0 Å². The number of rotatable bonds is 3. The number of anilines is 1. The number of aliphatic hydroxyl groups is 1. The lowest BCUT2D eigenvalue weighted by Gasteiger charge is -2.35. The molecule has 0 aromatic heterocycles. The summed E-state index contributed by atoms with van der Waals surface area (Å²) in [6.45, 7) is 4.46. The summed E-state index contributed by atoms with van der Waals surface area (Å²) >= 11 is 0. The van der Waals surface area contributed by atoms with E-state index < -0.39 is 0 Å². The van der Waals surface area contributed by atoms with Crippen LogP contribution in [0.15, 0.2) is 48.5 Å². The van der Waals surface area contributed by atoms with Crippen molar-refractivity contribution in [3.8, 4) is 11.1 Å². The zero-order chi connectivity index (χ0) is 14.7. The number of benzene rings is 2. The summed E-state index contributed by atoms with van der Waals surface area (Å²) in [4.78, 5) is 4.84. The van der Waals surface area contributed by atoms with Crippen molar-refractivity contribution in [2.75, 3.05) is 38.1 Å². The van der Waals surface area contributed by atoms with Crippen LogP contribution in [0.1, 0.15) is 5.56 Å². The molecule has 1 N–H and O–H groups in total. The highest BCUT2D eigenvalue weighted by Crippen LogP contribution is 2.31. The fourth-order valence-corrected chi connectivity index (χ4v) is 2.83. The average Bonchev–Trinajstić information content (AvgIpc) is 2.56. The van der Waals surface area contributed by atoms with Crippen LogP contribution >= 0.6 is 0 Å². The van der Waals surface area contributed by atoms with Crippen molar-refractivity contribution in [1.29, 1.82) is 0 Å². The minimum atomic E-state index is 0.0976. The largest absolute Gasteiger partial charge is 0.392 e. The van der Waals surface area contributed by atoms with Crippen molar-refractivity contribution in [2.24, 2.45) is 0 Å². The van der Waals surface area contributed by atoms with Gasteiger partial charge in [-0.1, -0.05) is 42.5 Å². The third kappa shape index (κ3) is 3.09. The van der Waals surface area contributed by atoms with Gasteiger partial charge in [0, 0.05) is 37.4 Å². The lowest BCUT2D eigenvalue weighted by Crippen LogP contribution is -2.44. The zero-order valence-corrected chi connectivity index (χ0v) is 12.5. The van der Waals surface area contributed by atoms with E-state index in [9.17, 15) is 0 Å². The Morgan fingerprint density at radius 3 is 2.24 bits per heavy atom. The summed E-state index contributed by atoms with van der Waals surface area (Å²) in [5.74, 6) is 0. The molecule has 1 heterocycles. The third-order valence-electron chi connectivity index (χ3n) is 4.20. The molecular weight excluding hydrogens is 260 g/mol. The van der Waals surface area contributed by atoms with E-state index in [-0.39, 0.29) is 6.61 Å². The highest BCUT2D eigenvalue weighted by atomic mass is 16.3. The van der Waals surface area contributed by atoms with Crippen LogP contribution in [0, 0.1) is 0 Å².